The van der Waals surface area contributed by atoms with E-state index in [1.54, 1.807) is 9.58 Å². The zero-order valence-electron chi connectivity index (χ0n) is 14.3. The molecule has 0 unspecified atom stereocenters. The Balaban J connectivity index is 1.56. The fraction of sp³-hybridized carbons (Fsp3) is 0.222. The molecule has 0 saturated heterocycles. The predicted octanol–water partition coefficient (Wildman–Crippen LogP) is 1.85. The van der Waals surface area contributed by atoms with Crippen molar-refractivity contribution < 1.29 is 4.79 Å². The van der Waals surface area contributed by atoms with Gasteiger partial charge in [0, 0.05) is 18.3 Å². The lowest BCUT2D eigenvalue weighted by atomic mass is 10.1. The number of fused-ring (bicyclic) bond motifs is 1. The molecular weight excluding hydrogens is 332 g/mol. The zero-order chi connectivity index (χ0) is 18.1. The lowest BCUT2D eigenvalue weighted by Gasteiger charge is -2.27. The topological polar surface area (TPSA) is 95.9 Å². The van der Waals surface area contributed by atoms with Gasteiger partial charge in [0.05, 0.1) is 35.6 Å². The monoisotopic (exact) mass is 350 g/mol. The van der Waals surface area contributed by atoms with Crippen molar-refractivity contribution in [3.8, 4) is 5.69 Å². The van der Waals surface area contributed by atoms with Crippen molar-refractivity contribution in [3.63, 3.8) is 0 Å². The van der Waals surface area contributed by atoms with Crippen molar-refractivity contribution in [2.75, 3.05) is 11.9 Å². The highest BCUT2D eigenvalue weighted by Crippen LogP contribution is 2.21. The molecule has 0 fully saturated rings. The molecule has 0 radical (unpaired) electrons. The van der Waals surface area contributed by atoms with Gasteiger partial charge in [-0.3, -0.25) is 4.79 Å². The Morgan fingerprint density at radius 3 is 2.92 bits per heavy atom. The Hall–Kier alpha value is -3.42. The second kappa shape index (κ2) is 6.47. The maximum absolute atomic E-state index is 12.7. The van der Waals surface area contributed by atoms with Gasteiger partial charge in [0.2, 0.25) is 0 Å². The van der Waals surface area contributed by atoms with Crippen LogP contribution in [0.15, 0.2) is 47.7 Å². The summed E-state index contributed by atoms with van der Waals surface area (Å²) in [6.45, 7) is 2.70. The van der Waals surface area contributed by atoms with E-state index in [1.165, 1.54) is 6.33 Å². The summed E-state index contributed by atoms with van der Waals surface area (Å²) in [5.74, 6) is 0. The molecule has 4 rings (SSSR count). The first kappa shape index (κ1) is 16.1. The number of aromatic nitrogens is 4. The third kappa shape index (κ3) is 2.97. The lowest BCUT2D eigenvalue weighted by molar-refractivity contribution is 0.205. The molecule has 0 saturated carbocycles. The first-order valence-corrected chi connectivity index (χ1v) is 8.35. The first-order chi connectivity index (χ1) is 12.6. The quantitative estimate of drug-likeness (QED) is 0.737. The number of carbonyl (C=O) groups is 1. The highest BCUT2D eigenvalue weighted by molar-refractivity contribution is 5.91. The Kier molecular flexibility index (Phi) is 4.00. The number of rotatable bonds is 2. The van der Waals surface area contributed by atoms with E-state index in [2.05, 4.69) is 20.4 Å². The number of hydrogen-bond acceptors (Lipinski definition) is 4. The van der Waals surface area contributed by atoms with Gasteiger partial charge in [0.25, 0.3) is 5.56 Å². The number of carbonyl (C=O) groups excluding carboxylic acids is 1. The van der Waals surface area contributed by atoms with Crippen LogP contribution in [0.5, 0.6) is 0 Å². The molecule has 8 heteroatoms. The summed E-state index contributed by atoms with van der Waals surface area (Å²) in [5, 5.41) is 7.35. The minimum atomic E-state index is -0.228. The van der Waals surface area contributed by atoms with Crippen LogP contribution in [0.3, 0.4) is 0 Å². The lowest BCUT2D eigenvalue weighted by Crippen LogP contribution is -2.41. The van der Waals surface area contributed by atoms with Gasteiger partial charge in [-0.25, -0.2) is 14.5 Å². The number of nitrogens with zero attached hydrogens (tertiary/aromatic N) is 4. The highest BCUT2D eigenvalue weighted by atomic mass is 16.2. The number of benzene rings is 1. The number of urea groups is 1. The van der Waals surface area contributed by atoms with Crippen LogP contribution in [-0.2, 0) is 13.0 Å². The Morgan fingerprint density at radius 1 is 1.27 bits per heavy atom. The van der Waals surface area contributed by atoms with Gasteiger partial charge in [0.15, 0.2) is 0 Å². The SMILES string of the molecule is Cc1ccn(-c2ccccc2NC(=O)N2CCc3c(nc[nH]c3=O)C2)n1. The van der Waals surface area contributed by atoms with Crippen LogP contribution < -0.4 is 10.9 Å². The van der Waals surface area contributed by atoms with E-state index in [9.17, 15) is 9.59 Å². The summed E-state index contributed by atoms with van der Waals surface area (Å²) in [6.07, 6.45) is 3.72. The first-order valence-electron chi connectivity index (χ1n) is 8.35. The minimum Gasteiger partial charge on any atom is -0.318 e. The van der Waals surface area contributed by atoms with Crippen molar-refractivity contribution in [2.45, 2.75) is 19.9 Å². The highest BCUT2D eigenvalue weighted by Gasteiger charge is 2.24. The molecule has 0 aliphatic carbocycles. The Bertz CT molecular complexity index is 1020. The third-order valence-corrected chi connectivity index (χ3v) is 4.41. The predicted molar refractivity (Wildman–Crippen MR) is 96.3 cm³/mol. The average molecular weight is 350 g/mol. The second-order valence-corrected chi connectivity index (χ2v) is 6.18. The number of hydrogen-bond donors (Lipinski definition) is 2. The van der Waals surface area contributed by atoms with Gasteiger partial charge < -0.3 is 15.2 Å². The summed E-state index contributed by atoms with van der Waals surface area (Å²) in [5.41, 5.74) is 3.53. The number of amides is 2. The molecular formula is C18H18N6O2. The average Bonchev–Trinajstić information content (AvgIpc) is 3.08. The number of aryl methyl sites for hydroxylation is 1. The van der Waals surface area contributed by atoms with Gasteiger partial charge in [-0.15, -0.1) is 0 Å². The van der Waals surface area contributed by atoms with Crippen LogP contribution in [-0.4, -0.2) is 37.2 Å². The molecule has 0 bridgehead atoms. The molecule has 26 heavy (non-hydrogen) atoms. The van der Waals surface area contributed by atoms with E-state index >= 15 is 0 Å². The largest absolute Gasteiger partial charge is 0.322 e. The van der Waals surface area contributed by atoms with E-state index in [0.717, 1.165) is 11.4 Å². The molecule has 1 aliphatic heterocycles. The maximum atomic E-state index is 12.7. The van der Waals surface area contributed by atoms with Crippen molar-refractivity contribution >= 4 is 11.7 Å². The fourth-order valence-electron chi connectivity index (χ4n) is 3.06. The van der Waals surface area contributed by atoms with E-state index in [4.69, 9.17) is 0 Å². The van der Waals surface area contributed by atoms with Crippen molar-refractivity contribution in [2.24, 2.45) is 0 Å². The van der Waals surface area contributed by atoms with Gasteiger partial charge >= 0.3 is 6.03 Å². The molecule has 2 N–H and O–H groups in total. The summed E-state index contributed by atoms with van der Waals surface area (Å²) >= 11 is 0. The molecule has 0 spiro atoms. The number of aromatic amines is 1. The minimum absolute atomic E-state index is 0.130. The number of anilines is 1. The molecule has 3 heterocycles. The van der Waals surface area contributed by atoms with Crippen LogP contribution in [0.4, 0.5) is 10.5 Å². The molecule has 132 valence electrons. The number of nitrogens with one attached hydrogen (secondary N) is 2. The summed E-state index contributed by atoms with van der Waals surface area (Å²) in [6, 6.07) is 9.18. The maximum Gasteiger partial charge on any atom is 0.322 e. The zero-order valence-corrected chi connectivity index (χ0v) is 14.3. The van der Waals surface area contributed by atoms with Gasteiger partial charge in [-0.05, 0) is 31.5 Å². The third-order valence-electron chi connectivity index (χ3n) is 4.41. The van der Waals surface area contributed by atoms with E-state index < -0.39 is 0 Å². The van der Waals surface area contributed by atoms with Crippen LogP contribution in [0.1, 0.15) is 17.0 Å². The number of H-pyrrole nitrogens is 1. The standard InChI is InChI=1S/C18H18N6O2/c1-12-6-9-24(22-12)16-5-3-2-4-14(16)21-18(26)23-8-7-13-15(10-23)19-11-20-17(13)25/h2-6,9,11H,7-8,10H2,1H3,(H,21,26)(H,19,20,25). The van der Waals surface area contributed by atoms with Crippen LogP contribution >= 0.6 is 0 Å². The fourth-order valence-corrected chi connectivity index (χ4v) is 3.06. The smallest absolute Gasteiger partial charge is 0.318 e. The van der Waals surface area contributed by atoms with Crippen LogP contribution in [0.25, 0.3) is 5.69 Å². The summed E-state index contributed by atoms with van der Waals surface area (Å²) in [4.78, 5) is 33.0. The summed E-state index contributed by atoms with van der Waals surface area (Å²) in [7, 11) is 0. The normalized spacial score (nSPS) is 13.3. The molecule has 1 aliphatic rings. The van der Waals surface area contributed by atoms with Crippen molar-refractivity contribution in [1.82, 2.24) is 24.6 Å². The molecule has 2 amide bonds. The molecule has 0 atom stereocenters. The Morgan fingerprint density at radius 2 is 2.12 bits per heavy atom. The van der Waals surface area contributed by atoms with Gasteiger partial charge in [-0.2, -0.15) is 5.10 Å². The molecule has 1 aromatic carbocycles. The molecule has 3 aromatic rings. The van der Waals surface area contributed by atoms with Crippen molar-refractivity contribution in [1.29, 1.82) is 0 Å². The second-order valence-electron chi connectivity index (χ2n) is 6.18. The van der Waals surface area contributed by atoms with Crippen LogP contribution in [0.2, 0.25) is 0 Å². The van der Waals surface area contributed by atoms with Gasteiger partial charge in [-0.1, -0.05) is 12.1 Å². The van der Waals surface area contributed by atoms with E-state index in [-0.39, 0.29) is 11.6 Å². The van der Waals surface area contributed by atoms with E-state index in [0.29, 0.717) is 36.5 Å². The summed E-state index contributed by atoms with van der Waals surface area (Å²) < 4.78 is 1.73. The van der Waals surface area contributed by atoms with Crippen LogP contribution in [0, 0.1) is 6.92 Å². The number of para-hydroxylation sites is 2. The van der Waals surface area contributed by atoms with Crippen molar-refractivity contribution in [3.05, 3.63) is 70.2 Å². The van der Waals surface area contributed by atoms with E-state index in [1.807, 2.05) is 43.5 Å². The molecule has 2 aromatic heterocycles. The molecule has 8 nitrogen and oxygen atoms in total. The van der Waals surface area contributed by atoms with Gasteiger partial charge in [0.1, 0.15) is 0 Å². The Labute approximate surface area is 149 Å².